The minimum Gasteiger partial charge on any atom is -0.376 e. The van der Waals surface area contributed by atoms with Crippen LogP contribution in [0, 0.1) is 5.82 Å². The summed E-state index contributed by atoms with van der Waals surface area (Å²) in [7, 11) is 0. The number of carbonyl (C=O) groups is 2. The third-order valence-corrected chi connectivity index (χ3v) is 4.39. The van der Waals surface area contributed by atoms with E-state index in [4.69, 9.17) is 11.6 Å². The number of amides is 2. The van der Waals surface area contributed by atoms with E-state index in [9.17, 15) is 14.0 Å². The van der Waals surface area contributed by atoms with Crippen molar-refractivity contribution in [2.45, 2.75) is 6.54 Å². The maximum atomic E-state index is 13.1. The van der Waals surface area contributed by atoms with Crippen molar-refractivity contribution in [1.29, 1.82) is 0 Å². The quantitative estimate of drug-likeness (QED) is 0.537. The van der Waals surface area contributed by atoms with E-state index < -0.39 is 5.82 Å². The zero-order valence-electron chi connectivity index (χ0n) is 15.4. The van der Waals surface area contributed by atoms with Gasteiger partial charge in [-0.15, -0.1) is 0 Å². The molecular weight excluding hydrogens is 393 g/mol. The number of benzene rings is 3. The first-order valence-electron chi connectivity index (χ1n) is 8.92. The molecule has 3 aromatic carbocycles. The topological polar surface area (TPSA) is 70.2 Å². The smallest absolute Gasteiger partial charge is 0.251 e. The highest BCUT2D eigenvalue weighted by Crippen LogP contribution is 2.19. The molecule has 2 amide bonds. The van der Waals surface area contributed by atoms with Gasteiger partial charge in [0.2, 0.25) is 5.91 Å². The number of halogens is 2. The number of hydrogen-bond donors (Lipinski definition) is 3. The van der Waals surface area contributed by atoms with E-state index in [1.165, 1.54) is 18.2 Å². The molecule has 29 heavy (non-hydrogen) atoms. The first-order chi connectivity index (χ1) is 14.0. The largest absolute Gasteiger partial charge is 0.376 e. The maximum Gasteiger partial charge on any atom is 0.251 e. The standard InChI is InChI=1S/C22H19ClFN3O2/c23-19-12-18(10-11-20(19)24)27-21(28)14-25-17-8-6-16(7-9-17)22(29)26-13-15-4-2-1-3-5-15/h1-12,25H,13-14H2,(H,26,29)(H,27,28). The average Bonchev–Trinajstić information content (AvgIpc) is 2.74. The Bertz CT molecular complexity index is 995. The average molecular weight is 412 g/mol. The van der Waals surface area contributed by atoms with Crippen molar-refractivity contribution in [3.63, 3.8) is 0 Å². The first kappa shape index (κ1) is 20.4. The van der Waals surface area contributed by atoms with Crippen molar-refractivity contribution in [3.8, 4) is 0 Å². The normalized spacial score (nSPS) is 10.3. The van der Waals surface area contributed by atoms with Gasteiger partial charge in [0.15, 0.2) is 0 Å². The van der Waals surface area contributed by atoms with Crippen molar-refractivity contribution < 1.29 is 14.0 Å². The van der Waals surface area contributed by atoms with Crippen LogP contribution in [0.15, 0.2) is 72.8 Å². The van der Waals surface area contributed by atoms with Gasteiger partial charge in [-0.3, -0.25) is 9.59 Å². The molecule has 0 saturated heterocycles. The second-order valence-corrected chi connectivity index (χ2v) is 6.68. The molecule has 0 atom stereocenters. The number of anilines is 2. The van der Waals surface area contributed by atoms with Crippen molar-refractivity contribution in [2.75, 3.05) is 17.2 Å². The summed E-state index contributed by atoms with van der Waals surface area (Å²) < 4.78 is 13.1. The van der Waals surface area contributed by atoms with Crippen molar-refractivity contribution >= 4 is 34.8 Å². The number of carbonyl (C=O) groups excluding carboxylic acids is 2. The van der Waals surface area contributed by atoms with Crippen molar-refractivity contribution in [3.05, 3.63) is 94.8 Å². The van der Waals surface area contributed by atoms with Gasteiger partial charge in [0.25, 0.3) is 5.91 Å². The number of nitrogens with one attached hydrogen (secondary N) is 3. The highest BCUT2D eigenvalue weighted by Gasteiger charge is 2.07. The monoisotopic (exact) mass is 411 g/mol. The van der Waals surface area contributed by atoms with Crippen LogP contribution in [0.4, 0.5) is 15.8 Å². The molecular formula is C22H19ClFN3O2. The maximum absolute atomic E-state index is 13.1. The Morgan fingerprint density at radius 1 is 0.897 bits per heavy atom. The second-order valence-electron chi connectivity index (χ2n) is 6.28. The first-order valence-corrected chi connectivity index (χ1v) is 9.30. The lowest BCUT2D eigenvalue weighted by atomic mass is 10.1. The number of rotatable bonds is 7. The molecule has 0 bridgehead atoms. The highest BCUT2D eigenvalue weighted by molar-refractivity contribution is 6.31. The summed E-state index contributed by atoms with van der Waals surface area (Å²) in [5, 5.41) is 8.39. The molecule has 5 nitrogen and oxygen atoms in total. The summed E-state index contributed by atoms with van der Waals surface area (Å²) >= 11 is 5.69. The van der Waals surface area contributed by atoms with E-state index in [2.05, 4.69) is 16.0 Å². The SMILES string of the molecule is O=C(CNc1ccc(C(=O)NCc2ccccc2)cc1)Nc1ccc(F)c(Cl)c1. The molecule has 148 valence electrons. The third-order valence-electron chi connectivity index (χ3n) is 4.10. The minimum atomic E-state index is -0.546. The highest BCUT2D eigenvalue weighted by atomic mass is 35.5. The van der Waals surface area contributed by atoms with Crippen LogP contribution in [0.2, 0.25) is 5.02 Å². The van der Waals surface area contributed by atoms with Gasteiger partial charge in [0.1, 0.15) is 5.82 Å². The molecule has 0 aliphatic carbocycles. The predicted molar refractivity (Wildman–Crippen MR) is 113 cm³/mol. The van der Waals surface area contributed by atoms with E-state index in [-0.39, 0.29) is 23.4 Å². The van der Waals surface area contributed by atoms with E-state index >= 15 is 0 Å². The summed E-state index contributed by atoms with van der Waals surface area (Å²) in [5.41, 5.74) is 2.65. The van der Waals surface area contributed by atoms with E-state index in [0.717, 1.165) is 5.56 Å². The van der Waals surface area contributed by atoms with Gasteiger partial charge in [-0.25, -0.2) is 4.39 Å². The number of hydrogen-bond acceptors (Lipinski definition) is 3. The van der Waals surface area contributed by atoms with E-state index in [0.29, 0.717) is 23.5 Å². The van der Waals surface area contributed by atoms with Gasteiger partial charge in [-0.05, 0) is 48.0 Å². The molecule has 0 heterocycles. The molecule has 0 spiro atoms. The van der Waals surface area contributed by atoms with Crippen LogP contribution in [0.5, 0.6) is 0 Å². The fraction of sp³-hybridized carbons (Fsp3) is 0.0909. The van der Waals surface area contributed by atoms with Crippen LogP contribution in [0.1, 0.15) is 15.9 Å². The lowest BCUT2D eigenvalue weighted by Gasteiger charge is -2.09. The van der Waals surface area contributed by atoms with Crippen LogP contribution >= 0.6 is 11.6 Å². The van der Waals surface area contributed by atoms with Crippen molar-refractivity contribution in [2.24, 2.45) is 0 Å². The van der Waals surface area contributed by atoms with Gasteiger partial charge >= 0.3 is 0 Å². The Kier molecular flexibility index (Phi) is 6.81. The van der Waals surface area contributed by atoms with Crippen LogP contribution in [-0.4, -0.2) is 18.4 Å². The summed E-state index contributed by atoms with van der Waals surface area (Å²) in [4.78, 5) is 24.2. The van der Waals surface area contributed by atoms with Crippen LogP contribution < -0.4 is 16.0 Å². The van der Waals surface area contributed by atoms with E-state index in [1.54, 1.807) is 24.3 Å². The molecule has 0 aliphatic rings. The molecule has 3 aromatic rings. The summed E-state index contributed by atoms with van der Waals surface area (Å²) in [6.07, 6.45) is 0. The van der Waals surface area contributed by atoms with Gasteiger partial charge in [-0.1, -0.05) is 41.9 Å². The lowest BCUT2D eigenvalue weighted by molar-refractivity contribution is -0.114. The van der Waals surface area contributed by atoms with Crippen LogP contribution in [0.3, 0.4) is 0 Å². The predicted octanol–water partition coefficient (Wildman–Crippen LogP) is 4.46. The van der Waals surface area contributed by atoms with Crippen LogP contribution in [-0.2, 0) is 11.3 Å². The zero-order valence-corrected chi connectivity index (χ0v) is 16.2. The Morgan fingerprint density at radius 2 is 1.59 bits per heavy atom. The Balaban J connectivity index is 1.47. The molecule has 0 saturated carbocycles. The van der Waals surface area contributed by atoms with Gasteiger partial charge in [-0.2, -0.15) is 0 Å². The van der Waals surface area contributed by atoms with Crippen molar-refractivity contribution in [1.82, 2.24) is 5.32 Å². The van der Waals surface area contributed by atoms with Crippen LogP contribution in [0.25, 0.3) is 0 Å². The molecule has 0 aliphatic heterocycles. The minimum absolute atomic E-state index is 0.00848. The molecule has 0 unspecified atom stereocenters. The Labute approximate surface area is 172 Å². The molecule has 0 fully saturated rings. The summed E-state index contributed by atoms with van der Waals surface area (Å²) in [6, 6.07) is 20.4. The fourth-order valence-electron chi connectivity index (χ4n) is 2.58. The molecule has 7 heteroatoms. The summed E-state index contributed by atoms with van der Waals surface area (Å²) in [5.74, 6) is -1.03. The Morgan fingerprint density at radius 3 is 2.28 bits per heavy atom. The van der Waals surface area contributed by atoms with Gasteiger partial charge in [0, 0.05) is 23.5 Å². The second kappa shape index (κ2) is 9.71. The van der Waals surface area contributed by atoms with Gasteiger partial charge < -0.3 is 16.0 Å². The third kappa shape index (κ3) is 6.05. The molecule has 3 N–H and O–H groups in total. The lowest BCUT2D eigenvalue weighted by Crippen LogP contribution is -2.23. The molecule has 0 aromatic heterocycles. The molecule has 3 rings (SSSR count). The Hall–Kier alpha value is -3.38. The fourth-order valence-corrected chi connectivity index (χ4v) is 2.76. The van der Waals surface area contributed by atoms with Gasteiger partial charge in [0.05, 0.1) is 11.6 Å². The summed E-state index contributed by atoms with van der Waals surface area (Å²) in [6.45, 7) is 0.460. The molecule has 0 radical (unpaired) electrons. The van der Waals surface area contributed by atoms with E-state index in [1.807, 2.05) is 30.3 Å². The zero-order chi connectivity index (χ0) is 20.6.